The van der Waals surface area contributed by atoms with Crippen molar-refractivity contribution < 1.29 is 4.39 Å². The highest BCUT2D eigenvalue weighted by molar-refractivity contribution is 7.15. The van der Waals surface area contributed by atoms with E-state index >= 15 is 0 Å². The Morgan fingerprint density at radius 3 is 2.80 bits per heavy atom. The van der Waals surface area contributed by atoms with Crippen LogP contribution in [0.4, 0.5) is 9.52 Å². The van der Waals surface area contributed by atoms with Crippen molar-refractivity contribution in [1.82, 2.24) is 20.0 Å². The van der Waals surface area contributed by atoms with Crippen LogP contribution in [0, 0.1) is 26.6 Å². The number of amidine groups is 1. The van der Waals surface area contributed by atoms with Gasteiger partial charge in [-0.2, -0.15) is 5.10 Å². The molecule has 10 heteroatoms. The second-order valence-corrected chi connectivity index (χ2v) is 8.32. The Kier molecular flexibility index (Phi) is 6.94. The van der Waals surface area contributed by atoms with Crippen molar-refractivity contribution in [2.75, 3.05) is 0 Å². The van der Waals surface area contributed by atoms with Gasteiger partial charge in [-0.25, -0.2) is 9.38 Å². The topological polar surface area (TPSA) is 94.3 Å². The average molecular weight is 448 g/mol. The quantitative estimate of drug-likeness (QED) is 0.419. The van der Waals surface area contributed by atoms with Gasteiger partial charge in [0, 0.05) is 23.9 Å². The Bertz CT molecular complexity index is 1100. The van der Waals surface area contributed by atoms with Gasteiger partial charge in [-0.15, -0.1) is 10.2 Å². The normalized spacial score (nSPS) is 13.3. The number of rotatable bonds is 7. The van der Waals surface area contributed by atoms with Crippen molar-refractivity contribution in [1.29, 1.82) is 0 Å². The first-order valence-electron chi connectivity index (χ1n) is 9.37. The molecule has 7 nitrogen and oxygen atoms in total. The van der Waals surface area contributed by atoms with Gasteiger partial charge < -0.3 is 5.73 Å². The number of hydrogen-bond donors (Lipinski definition) is 1. The van der Waals surface area contributed by atoms with Crippen molar-refractivity contribution in [3.8, 4) is 0 Å². The number of nitrogens with zero attached hydrogens (tertiary/aromatic N) is 6. The van der Waals surface area contributed by atoms with Crippen LogP contribution in [0.5, 0.6) is 0 Å². The molecule has 0 fully saturated rings. The molecule has 2 heterocycles. The van der Waals surface area contributed by atoms with E-state index in [-0.39, 0.29) is 18.4 Å². The molecule has 0 spiro atoms. The summed E-state index contributed by atoms with van der Waals surface area (Å²) in [7, 11) is 0. The highest BCUT2D eigenvalue weighted by Crippen LogP contribution is 2.27. The number of aliphatic imine (C=N–C) groups is 2. The number of nitrogens with two attached hydrogens (primary N) is 1. The summed E-state index contributed by atoms with van der Waals surface area (Å²) in [5.74, 6) is -0.0291. The third kappa shape index (κ3) is 5.09. The monoisotopic (exact) mass is 447 g/mol. The Morgan fingerprint density at radius 1 is 1.33 bits per heavy atom. The highest BCUT2D eigenvalue weighted by Gasteiger charge is 2.16. The maximum absolute atomic E-state index is 13.9. The first kappa shape index (κ1) is 22.0. The number of halogens is 2. The van der Waals surface area contributed by atoms with Crippen LogP contribution in [0.1, 0.15) is 46.9 Å². The fraction of sp³-hybridized carbons (Fsp3) is 0.350. The van der Waals surface area contributed by atoms with E-state index in [9.17, 15) is 4.39 Å². The van der Waals surface area contributed by atoms with E-state index < -0.39 is 0 Å². The first-order valence-corrected chi connectivity index (χ1v) is 10.6. The van der Waals surface area contributed by atoms with Crippen molar-refractivity contribution in [2.24, 2.45) is 15.7 Å². The van der Waals surface area contributed by atoms with Gasteiger partial charge >= 0.3 is 0 Å². The van der Waals surface area contributed by atoms with Gasteiger partial charge in [-0.05, 0) is 45.4 Å². The summed E-state index contributed by atoms with van der Waals surface area (Å²) in [5, 5.41) is 14.5. The maximum Gasteiger partial charge on any atom is 0.233 e. The molecule has 2 N–H and O–H groups in total. The second-order valence-electron chi connectivity index (χ2n) is 6.96. The summed E-state index contributed by atoms with van der Waals surface area (Å²) in [4.78, 5) is 8.51. The van der Waals surface area contributed by atoms with E-state index in [1.165, 1.54) is 17.4 Å². The fourth-order valence-electron chi connectivity index (χ4n) is 2.93. The van der Waals surface area contributed by atoms with E-state index in [1.54, 1.807) is 12.3 Å². The molecule has 1 unspecified atom stereocenters. The third-order valence-corrected chi connectivity index (χ3v) is 6.01. The zero-order chi connectivity index (χ0) is 21.8. The predicted octanol–water partition coefficient (Wildman–Crippen LogP) is 4.71. The van der Waals surface area contributed by atoms with Crippen LogP contribution in [0.15, 0.2) is 28.2 Å². The Labute approximate surface area is 183 Å². The molecule has 0 amide bonds. The molecular weight excluding hydrogens is 425 g/mol. The summed E-state index contributed by atoms with van der Waals surface area (Å²) >= 11 is 7.51. The molecule has 3 aromatic rings. The molecule has 0 bridgehead atoms. The molecule has 158 valence electrons. The smallest absolute Gasteiger partial charge is 0.233 e. The molecule has 1 atom stereocenters. The van der Waals surface area contributed by atoms with Gasteiger partial charge in [0.05, 0.1) is 17.3 Å². The van der Waals surface area contributed by atoms with Crippen LogP contribution in [-0.4, -0.2) is 32.0 Å². The van der Waals surface area contributed by atoms with E-state index in [4.69, 9.17) is 17.3 Å². The standard InChI is InChI=1S/C20H23ClFN7S/c1-11-5-6-16(22)15(18(11)21)10-24-8-7-17(23)25-20-27-26-19(30-20)14(4)29-13(3)9-12(2)28-29/h5-6,8-9,14H,7,10H2,1-4H3,(H2,23,25,27). The van der Waals surface area contributed by atoms with Crippen LogP contribution in [0.25, 0.3) is 0 Å². The Balaban J connectivity index is 1.62. The summed E-state index contributed by atoms with van der Waals surface area (Å²) in [5.41, 5.74) is 9.17. The molecule has 30 heavy (non-hydrogen) atoms. The molecule has 0 aliphatic carbocycles. The third-order valence-electron chi connectivity index (χ3n) is 4.50. The highest BCUT2D eigenvalue weighted by atomic mass is 35.5. The molecular formula is C20H23ClFN7S. The molecule has 0 saturated carbocycles. The summed E-state index contributed by atoms with van der Waals surface area (Å²) in [6, 6.07) is 5.00. The maximum atomic E-state index is 13.9. The molecule has 0 radical (unpaired) electrons. The van der Waals surface area contributed by atoms with E-state index in [0.29, 0.717) is 28.0 Å². The van der Waals surface area contributed by atoms with Gasteiger partial charge in [0.25, 0.3) is 0 Å². The summed E-state index contributed by atoms with van der Waals surface area (Å²) in [6.07, 6.45) is 1.91. The van der Waals surface area contributed by atoms with Crippen LogP contribution < -0.4 is 5.73 Å². The minimum atomic E-state index is -0.373. The molecule has 0 aliphatic heterocycles. The van der Waals surface area contributed by atoms with Gasteiger partial charge in [0.2, 0.25) is 5.13 Å². The molecule has 0 saturated heterocycles. The van der Waals surface area contributed by atoms with Gasteiger partial charge in [-0.1, -0.05) is 29.0 Å². The lowest BCUT2D eigenvalue weighted by atomic mass is 10.1. The predicted molar refractivity (Wildman–Crippen MR) is 120 cm³/mol. The summed E-state index contributed by atoms with van der Waals surface area (Å²) in [6.45, 7) is 7.94. The van der Waals surface area contributed by atoms with Gasteiger partial charge in [0.1, 0.15) is 22.7 Å². The average Bonchev–Trinajstić information content (AvgIpc) is 3.29. The fourth-order valence-corrected chi connectivity index (χ4v) is 3.92. The van der Waals surface area contributed by atoms with Gasteiger partial charge in [-0.3, -0.25) is 9.67 Å². The first-order chi connectivity index (χ1) is 14.3. The van der Waals surface area contributed by atoms with Crippen molar-refractivity contribution in [3.05, 3.63) is 56.6 Å². The van der Waals surface area contributed by atoms with E-state index in [2.05, 4.69) is 25.3 Å². The second kappa shape index (κ2) is 9.44. The molecule has 1 aromatic carbocycles. The van der Waals surface area contributed by atoms with Crippen molar-refractivity contribution >= 4 is 40.1 Å². The zero-order valence-corrected chi connectivity index (χ0v) is 18.8. The van der Waals surface area contributed by atoms with Crippen molar-refractivity contribution in [2.45, 2.75) is 46.7 Å². The van der Waals surface area contributed by atoms with Crippen LogP contribution >= 0.6 is 22.9 Å². The minimum absolute atomic E-state index is 0.0445. The van der Waals surface area contributed by atoms with E-state index in [0.717, 1.165) is 22.0 Å². The molecule has 0 aliphatic rings. The Morgan fingerprint density at radius 2 is 2.10 bits per heavy atom. The lowest BCUT2D eigenvalue weighted by molar-refractivity contribution is 0.540. The Hall–Kier alpha value is -2.65. The number of aryl methyl sites for hydroxylation is 3. The lowest BCUT2D eigenvalue weighted by Crippen LogP contribution is -2.11. The molecule has 2 aromatic heterocycles. The molecule has 3 rings (SSSR count). The summed E-state index contributed by atoms with van der Waals surface area (Å²) < 4.78 is 15.8. The lowest BCUT2D eigenvalue weighted by Gasteiger charge is -2.10. The SMILES string of the molecule is Cc1cc(C)n(C(C)c2nnc(N=C(N)CC=NCc3c(F)ccc(C)c3Cl)s2)n1. The van der Waals surface area contributed by atoms with Crippen LogP contribution in [0.3, 0.4) is 0 Å². The van der Waals surface area contributed by atoms with Crippen molar-refractivity contribution in [3.63, 3.8) is 0 Å². The number of aromatic nitrogens is 4. The van der Waals surface area contributed by atoms with E-state index in [1.807, 2.05) is 38.4 Å². The number of hydrogen-bond acceptors (Lipinski definition) is 6. The largest absolute Gasteiger partial charge is 0.387 e. The number of benzene rings is 1. The zero-order valence-electron chi connectivity index (χ0n) is 17.2. The minimum Gasteiger partial charge on any atom is -0.387 e. The van der Waals surface area contributed by atoms with Gasteiger partial charge in [0.15, 0.2) is 0 Å². The van der Waals surface area contributed by atoms with Crippen LogP contribution in [-0.2, 0) is 6.54 Å². The van der Waals surface area contributed by atoms with Crippen LogP contribution in [0.2, 0.25) is 5.02 Å².